The second-order valence-corrected chi connectivity index (χ2v) is 8.31. The molecule has 1 saturated heterocycles. The molecule has 3 N–H and O–H groups in total. The van der Waals surface area contributed by atoms with Crippen molar-refractivity contribution in [2.75, 3.05) is 18.0 Å². The first-order chi connectivity index (χ1) is 13.1. The van der Waals surface area contributed by atoms with Crippen LogP contribution in [0.5, 0.6) is 0 Å². The average Bonchev–Trinajstić information content (AvgIpc) is 2.62. The molecule has 1 aromatic heterocycles. The minimum absolute atomic E-state index is 0.0394. The quantitative estimate of drug-likeness (QED) is 0.724. The molecule has 152 valence electrons. The number of benzene rings is 1. The minimum atomic E-state index is -4.14. The monoisotopic (exact) mass is 429 g/mol. The van der Waals surface area contributed by atoms with Crippen LogP contribution in [0.4, 0.5) is 10.2 Å². The van der Waals surface area contributed by atoms with Crippen LogP contribution in [-0.4, -0.2) is 37.0 Å². The zero-order valence-corrected chi connectivity index (χ0v) is 16.8. The van der Waals surface area contributed by atoms with Crippen LogP contribution in [0, 0.1) is 11.7 Å². The standard InChI is InChI=1S/C11H16N2O3S.C7H5ClFNO/c1-9-4-6-13(7-5-9)11-3-2-10(8-12-11)17(14,15)16;8-6-3-4(9)1-2-5(6)7(10)11/h2-3,8-9H,4-7H2,1H3,(H,14,15,16);1-3H,(H2,10,11). The summed E-state index contributed by atoms with van der Waals surface area (Å²) in [7, 11) is -4.14. The number of halogens is 2. The van der Waals surface area contributed by atoms with Gasteiger partial charge >= 0.3 is 0 Å². The molecule has 2 heterocycles. The molecule has 0 radical (unpaired) electrons. The number of hydrogen-bond donors (Lipinski definition) is 2. The van der Waals surface area contributed by atoms with Crippen molar-refractivity contribution in [1.29, 1.82) is 0 Å². The van der Waals surface area contributed by atoms with Gasteiger partial charge in [-0.1, -0.05) is 18.5 Å². The number of piperidine rings is 1. The van der Waals surface area contributed by atoms with Crippen molar-refractivity contribution < 1.29 is 22.2 Å². The van der Waals surface area contributed by atoms with E-state index >= 15 is 0 Å². The van der Waals surface area contributed by atoms with Crippen LogP contribution in [0.25, 0.3) is 0 Å². The summed E-state index contributed by atoms with van der Waals surface area (Å²) in [5.74, 6) is 0.364. The minimum Gasteiger partial charge on any atom is -0.366 e. The predicted octanol–water partition coefficient (Wildman–Crippen LogP) is 3.14. The van der Waals surface area contributed by atoms with Gasteiger partial charge in [0, 0.05) is 13.1 Å². The van der Waals surface area contributed by atoms with Gasteiger partial charge in [-0.2, -0.15) is 8.42 Å². The number of pyridine rings is 1. The fourth-order valence-electron chi connectivity index (χ4n) is 2.64. The summed E-state index contributed by atoms with van der Waals surface area (Å²) < 4.78 is 42.9. The number of primary amides is 1. The van der Waals surface area contributed by atoms with Crippen LogP contribution in [0.2, 0.25) is 5.02 Å². The Morgan fingerprint density at radius 2 is 1.93 bits per heavy atom. The van der Waals surface area contributed by atoms with Gasteiger partial charge in [0.05, 0.1) is 16.8 Å². The highest BCUT2D eigenvalue weighted by Crippen LogP contribution is 2.22. The maximum Gasteiger partial charge on any atom is 0.296 e. The summed E-state index contributed by atoms with van der Waals surface area (Å²) in [6.45, 7) is 4.12. The third-order valence-electron chi connectivity index (χ3n) is 4.32. The molecule has 2 aromatic rings. The largest absolute Gasteiger partial charge is 0.366 e. The van der Waals surface area contributed by atoms with Crippen molar-refractivity contribution in [2.45, 2.75) is 24.7 Å². The maximum absolute atomic E-state index is 12.4. The number of hydrogen-bond acceptors (Lipinski definition) is 5. The first-order valence-corrected chi connectivity index (χ1v) is 10.3. The van der Waals surface area contributed by atoms with E-state index in [1.54, 1.807) is 6.07 Å². The zero-order chi connectivity index (χ0) is 20.9. The first-order valence-electron chi connectivity index (χ1n) is 8.51. The third-order valence-corrected chi connectivity index (χ3v) is 5.47. The Morgan fingerprint density at radius 3 is 2.39 bits per heavy atom. The molecule has 0 unspecified atom stereocenters. The predicted molar refractivity (Wildman–Crippen MR) is 105 cm³/mol. The molecule has 10 heteroatoms. The molecule has 0 bridgehead atoms. The van der Waals surface area contributed by atoms with Gasteiger partial charge in [0.2, 0.25) is 5.91 Å². The van der Waals surface area contributed by atoms with E-state index in [2.05, 4.69) is 16.8 Å². The molecule has 0 atom stereocenters. The van der Waals surface area contributed by atoms with Gasteiger partial charge in [0.15, 0.2) is 0 Å². The van der Waals surface area contributed by atoms with E-state index in [1.807, 2.05) is 0 Å². The summed E-state index contributed by atoms with van der Waals surface area (Å²) in [4.78, 5) is 16.6. The molecule has 0 saturated carbocycles. The lowest BCUT2D eigenvalue weighted by molar-refractivity contribution is 0.100. The van der Waals surface area contributed by atoms with Crippen molar-refractivity contribution in [2.24, 2.45) is 11.7 Å². The highest BCUT2D eigenvalue weighted by atomic mass is 35.5. The lowest BCUT2D eigenvalue weighted by atomic mass is 9.99. The Bertz CT molecular complexity index is 930. The second kappa shape index (κ2) is 9.31. The fraction of sp³-hybridized carbons (Fsp3) is 0.333. The normalized spacial score (nSPS) is 14.9. The number of aromatic nitrogens is 1. The van der Waals surface area contributed by atoms with Gasteiger partial charge in [-0.25, -0.2) is 9.37 Å². The first kappa shape index (κ1) is 22.1. The van der Waals surface area contributed by atoms with Crippen LogP contribution in [-0.2, 0) is 10.1 Å². The van der Waals surface area contributed by atoms with Crippen molar-refractivity contribution in [3.63, 3.8) is 0 Å². The molecule has 28 heavy (non-hydrogen) atoms. The molecule has 0 spiro atoms. The van der Waals surface area contributed by atoms with E-state index in [0.717, 1.165) is 49.8 Å². The Kier molecular flexibility index (Phi) is 7.34. The number of rotatable bonds is 3. The molecule has 1 fully saturated rings. The van der Waals surface area contributed by atoms with Crippen LogP contribution in [0.15, 0.2) is 41.4 Å². The molecule has 3 rings (SSSR count). The Hall–Kier alpha value is -2.23. The number of amides is 1. The highest BCUT2D eigenvalue weighted by molar-refractivity contribution is 7.85. The summed E-state index contributed by atoms with van der Waals surface area (Å²) in [5.41, 5.74) is 5.05. The van der Waals surface area contributed by atoms with E-state index in [1.165, 1.54) is 18.3 Å². The summed E-state index contributed by atoms with van der Waals surface area (Å²) in [5, 5.41) is 0.0394. The van der Waals surface area contributed by atoms with Gasteiger partial charge < -0.3 is 10.6 Å². The topological polar surface area (TPSA) is 114 Å². The third kappa shape index (κ3) is 6.15. The van der Waals surface area contributed by atoms with Gasteiger partial charge in [-0.3, -0.25) is 9.35 Å². The number of carbonyl (C=O) groups excluding carboxylic acids is 1. The van der Waals surface area contributed by atoms with Crippen LogP contribution in [0.3, 0.4) is 0 Å². The van der Waals surface area contributed by atoms with Gasteiger partial charge in [0.1, 0.15) is 16.5 Å². The Balaban J connectivity index is 0.000000221. The summed E-state index contributed by atoms with van der Waals surface area (Å²) in [6.07, 6.45) is 3.45. The van der Waals surface area contributed by atoms with Crippen molar-refractivity contribution in [3.05, 3.63) is 52.9 Å². The lowest BCUT2D eigenvalue weighted by Gasteiger charge is -2.31. The molecule has 1 amide bonds. The van der Waals surface area contributed by atoms with E-state index in [9.17, 15) is 17.6 Å². The van der Waals surface area contributed by atoms with Crippen LogP contribution in [0.1, 0.15) is 30.1 Å². The van der Waals surface area contributed by atoms with Crippen LogP contribution >= 0.6 is 11.6 Å². The molecule has 0 aliphatic carbocycles. The molecular weight excluding hydrogens is 409 g/mol. The Labute approximate surface area is 168 Å². The number of nitrogens with zero attached hydrogens (tertiary/aromatic N) is 2. The number of anilines is 1. The maximum atomic E-state index is 12.4. The van der Waals surface area contributed by atoms with Crippen LogP contribution < -0.4 is 10.6 Å². The molecule has 1 aliphatic rings. The van der Waals surface area contributed by atoms with Crippen molar-refractivity contribution in [3.8, 4) is 0 Å². The molecule has 7 nitrogen and oxygen atoms in total. The molecule has 1 aromatic carbocycles. The highest BCUT2D eigenvalue weighted by Gasteiger charge is 2.17. The lowest BCUT2D eigenvalue weighted by Crippen LogP contribution is -2.33. The SMILES string of the molecule is CC1CCN(c2ccc(S(=O)(=O)O)cn2)CC1.NC(=O)c1ccc(F)cc1Cl. The molecule has 1 aliphatic heterocycles. The second-order valence-electron chi connectivity index (χ2n) is 6.49. The molecular formula is C18H21ClFN3O4S. The average molecular weight is 430 g/mol. The van der Waals surface area contributed by atoms with Crippen molar-refractivity contribution in [1.82, 2.24) is 4.98 Å². The summed E-state index contributed by atoms with van der Waals surface area (Å²) in [6, 6.07) is 6.45. The van der Waals surface area contributed by atoms with Gasteiger partial charge in [-0.15, -0.1) is 0 Å². The fourth-order valence-corrected chi connectivity index (χ4v) is 3.33. The van der Waals surface area contributed by atoms with E-state index in [0.29, 0.717) is 0 Å². The van der Waals surface area contributed by atoms with Crippen molar-refractivity contribution >= 4 is 33.4 Å². The zero-order valence-electron chi connectivity index (χ0n) is 15.2. The van der Waals surface area contributed by atoms with Gasteiger partial charge in [-0.05, 0) is 49.1 Å². The number of nitrogens with two attached hydrogens (primary N) is 1. The van der Waals surface area contributed by atoms with Gasteiger partial charge in [0.25, 0.3) is 10.1 Å². The summed E-state index contributed by atoms with van der Waals surface area (Å²) >= 11 is 5.48. The van der Waals surface area contributed by atoms with E-state index < -0.39 is 21.8 Å². The smallest absolute Gasteiger partial charge is 0.296 e. The number of carbonyl (C=O) groups is 1. The van der Waals surface area contributed by atoms with E-state index in [-0.39, 0.29) is 15.5 Å². The Morgan fingerprint density at radius 1 is 1.29 bits per heavy atom. The van der Waals surface area contributed by atoms with E-state index in [4.69, 9.17) is 21.9 Å².